The summed E-state index contributed by atoms with van der Waals surface area (Å²) in [4.78, 5) is 21.0. The van der Waals surface area contributed by atoms with Crippen LogP contribution in [0.3, 0.4) is 0 Å². The summed E-state index contributed by atoms with van der Waals surface area (Å²) in [5.74, 6) is 0.283. The molecule has 1 fully saturated rings. The Hall–Kier alpha value is -3.81. The number of hydrogen-bond donors (Lipinski definition) is 1. The van der Waals surface area contributed by atoms with Gasteiger partial charge in [-0.15, -0.1) is 0 Å². The summed E-state index contributed by atoms with van der Waals surface area (Å²) in [5.41, 5.74) is 8.95. The normalized spacial score (nSPS) is 15.3. The van der Waals surface area contributed by atoms with Crippen molar-refractivity contribution in [1.29, 1.82) is 0 Å². The van der Waals surface area contributed by atoms with E-state index >= 15 is 0 Å². The van der Waals surface area contributed by atoms with Crippen LogP contribution in [0.1, 0.15) is 15.9 Å². The Kier molecular flexibility index (Phi) is 5.73. The Balaban J connectivity index is 1.66. The molecule has 0 aliphatic carbocycles. The third-order valence-corrected chi connectivity index (χ3v) is 5.86. The average molecular weight is 441 g/mol. The monoisotopic (exact) mass is 440 g/mol. The lowest BCUT2D eigenvalue weighted by Crippen LogP contribution is -2.48. The number of carbonyl (C=O) groups is 1. The van der Waals surface area contributed by atoms with Crippen LogP contribution in [0.2, 0.25) is 0 Å². The minimum atomic E-state index is -0.503. The van der Waals surface area contributed by atoms with Crippen LogP contribution < -0.4 is 5.73 Å². The Labute approximate surface area is 191 Å². The fourth-order valence-electron chi connectivity index (χ4n) is 4.23. The van der Waals surface area contributed by atoms with Crippen molar-refractivity contribution in [1.82, 2.24) is 14.5 Å². The van der Waals surface area contributed by atoms with E-state index in [-0.39, 0.29) is 6.79 Å². The van der Waals surface area contributed by atoms with Gasteiger partial charge in [-0.25, -0.2) is 4.98 Å². The fourth-order valence-corrected chi connectivity index (χ4v) is 4.23. The number of aromatic nitrogens is 3. The minimum absolute atomic E-state index is 0.265. The molecular weight excluding hydrogens is 416 g/mol. The van der Waals surface area contributed by atoms with E-state index in [2.05, 4.69) is 21.7 Å². The van der Waals surface area contributed by atoms with Crippen LogP contribution in [0.5, 0.6) is 0 Å². The van der Waals surface area contributed by atoms with Crippen molar-refractivity contribution < 1.29 is 14.3 Å². The lowest BCUT2D eigenvalue weighted by atomic mass is 9.90. The minimum Gasteiger partial charge on any atom is -0.366 e. The van der Waals surface area contributed by atoms with Gasteiger partial charge in [0.1, 0.15) is 18.3 Å². The molecule has 2 aromatic heterocycles. The number of ether oxygens (including phenoxy) is 2. The molecule has 1 aliphatic rings. The molecule has 0 spiro atoms. The Morgan fingerprint density at radius 1 is 0.939 bits per heavy atom. The number of carbonyl (C=O) groups excluding carboxylic acids is 1. The Morgan fingerprint density at radius 2 is 1.67 bits per heavy atom. The lowest BCUT2D eigenvalue weighted by Gasteiger charge is -2.39. The number of primary amides is 1. The highest BCUT2D eigenvalue weighted by atomic mass is 16.7. The van der Waals surface area contributed by atoms with E-state index in [1.165, 1.54) is 5.56 Å². The van der Waals surface area contributed by atoms with Gasteiger partial charge >= 0.3 is 0 Å². The van der Waals surface area contributed by atoms with E-state index in [1.54, 1.807) is 18.3 Å². The van der Waals surface area contributed by atoms with Crippen LogP contribution >= 0.6 is 0 Å². The molecule has 5 rings (SSSR count). The van der Waals surface area contributed by atoms with Crippen LogP contribution in [0.25, 0.3) is 22.8 Å². The zero-order valence-corrected chi connectivity index (χ0v) is 18.1. The van der Waals surface area contributed by atoms with Gasteiger partial charge in [0.15, 0.2) is 0 Å². The third kappa shape index (κ3) is 4.28. The zero-order valence-electron chi connectivity index (χ0n) is 18.1. The number of rotatable bonds is 6. The molecule has 0 saturated carbocycles. The number of benzene rings is 2. The maximum Gasteiger partial charge on any atom is 0.248 e. The number of imidazole rings is 1. The summed E-state index contributed by atoms with van der Waals surface area (Å²) in [6, 6.07) is 23.2. The van der Waals surface area contributed by atoms with Gasteiger partial charge in [-0.2, -0.15) is 0 Å². The quantitative estimate of drug-likeness (QED) is 0.494. The maximum atomic E-state index is 11.6. The van der Waals surface area contributed by atoms with Gasteiger partial charge in [0.25, 0.3) is 0 Å². The lowest BCUT2D eigenvalue weighted by molar-refractivity contribution is -0.157. The predicted octanol–water partition coefficient (Wildman–Crippen LogP) is 3.65. The smallest absolute Gasteiger partial charge is 0.248 e. The SMILES string of the molecule is NC(=O)c1ccc(-c2nc(-c3ccccn3)cn2C2(Cc3ccccc3)COCOC2)cc1. The summed E-state index contributed by atoms with van der Waals surface area (Å²) in [7, 11) is 0. The Bertz CT molecular complexity index is 1230. The molecule has 2 N–H and O–H groups in total. The first kappa shape index (κ1) is 21.1. The molecule has 166 valence electrons. The van der Waals surface area contributed by atoms with E-state index in [4.69, 9.17) is 20.2 Å². The van der Waals surface area contributed by atoms with Gasteiger partial charge in [-0.05, 0) is 29.8 Å². The third-order valence-electron chi connectivity index (χ3n) is 5.86. The molecule has 3 heterocycles. The second-order valence-electron chi connectivity index (χ2n) is 8.18. The highest BCUT2D eigenvalue weighted by Gasteiger charge is 2.38. The summed E-state index contributed by atoms with van der Waals surface area (Å²) < 4.78 is 13.8. The van der Waals surface area contributed by atoms with Crippen molar-refractivity contribution in [2.24, 2.45) is 5.73 Å². The molecule has 7 heteroatoms. The van der Waals surface area contributed by atoms with E-state index in [9.17, 15) is 4.79 Å². The van der Waals surface area contributed by atoms with E-state index in [0.717, 1.165) is 22.8 Å². The van der Waals surface area contributed by atoms with Crippen molar-refractivity contribution >= 4 is 5.91 Å². The number of hydrogen-bond acceptors (Lipinski definition) is 5. The predicted molar refractivity (Wildman–Crippen MR) is 124 cm³/mol. The number of pyridine rings is 1. The van der Waals surface area contributed by atoms with Crippen LogP contribution in [0.15, 0.2) is 85.2 Å². The molecule has 1 aliphatic heterocycles. The molecule has 0 unspecified atom stereocenters. The number of amides is 1. The van der Waals surface area contributed by atoms with E-state index in [1.807, 2.05) is 54.7 Å². The molecule has 0 bridgehead atoms. The maximum absolute atomic E-state index is 11.6. The molecule has 0 atom stereocenters. The molecule has 0 radical (unpaired) electrons. The standard InChI is InChI=1S/C26H24N4O3/c27-24(31)20-9-11-21(12-10-20)25-29-23(22-8-4-5-13-28-22)15-30(25)26(16-32-18-33-17-26)14-19-6-2-1-3-7-19/h1-13,15H,14,16-18H2,(H2,27,31). The molecule has 2 aromatic carbocycles. The van der Waals surface area contributed by atoms with Crippen LogP contribution in [0, 0.1) is 0 Å². The first-order valence-corrected chi connectivity index (χ1v) is 10.8. The van der Waals surface area contributed by atoms with Crippen molar-refractivity contribution in [3.05, 3.63) is 96.3 Å². The highest BCUT2D eigenvalue weighted by Crippen LogP contribution is 2.34. The summed E-state index contributed by atoms with van der Waals surface area (Å²) >= 11 is 0. The van der Waals surface area contributed by atoms with Crippen molar-refractivity contribution in [3.63, 3.8) is 0 Å². The van der Waals surface area contributed by atoms with Crippen LogP contribution in [0.4, 0.5) is 0 Å². The Morgan fingerprint density at radius 3 is 2.33 bits per heavy atom. The van der Waals surface area contributed by atoms with Crippen molar-refractivity contribution in [2.75, 3.05) is 20.0 Å². The second-order valence-corrected chi connectivity index (χ2v) is 8.18. The van der Waals surface area contributed by atoms with Gasteiger partial charge in [0, 0.05) is 29.9 Å². The van der Waals surface area contributed by atoms with Gasteiger partial charge < -0.3 is 19.8 Å². The second kappa shape index (κ2) is 8.97. The van der Waals surface area contributed by atoms with E-state index < -0.39 is 11.4 Å². The molecule has 4 aromatic rings. The fraction of sp³-hybridized carbons (Fsp3) is 0.192. The van der Waals surface area contributed by atoms with Crippen molar-refractivity contribution in [3.8, 4) is 22.8 Å². The van der Waals surface area contributed by atoms with Crippen LogP contribution in [-0.4, -0.2) is 40.4 Å². The molecule has 1 saturated heterocycles. The van der Waals surface area contributed by atoms with Gasteiger partial charge in [0.2, 0.25) is 5.91 Å². The van der Waals surface area contributed by atoms with Gasteiger partial charge in [-0.1, -0.05) is 48.5 Å². The highest BCUT2D eigenvalue weighted by molar-refractivity contribution is 5.93. The van der Waals surface area contributed by atoms with Crippen molar-refractivity contribution in [2.45, 2.75) is 12.0 Å². The molecule has 7 nitrogen and oxygen atoms in total. The van der Waals surface area contributed by atoms with Gasteiger partial charge in [-0.3, -0.25) is 9.78 Å². The molecule has 33 heavy (non-hydrogen) atoms. The number of nitrogens with zero attached hydrogens (tertiary/aromatic N) is 3. The zero-order chi connectivity index (χ0) is 22.7. The average Bonchev–Trinajstić information content (AvgIpc) is 3.32. The summed E-state index contributed by atoms with van der Waals surface area (Å²) in [6.07, 6.45) is 4.47. The topological polar surface area (TPSA) is 92.3 Å². The summed E-state index contributed by atoms with van der Waals surface area (Å²) in [5, 5.41) is 0. The first-order chi connectivity index (χ1) is 16.1. The summed E-state index contributed by atoms with van der Waals surface area (Å²) in [6.45, 7) is 1.22. The first-order valence-electron chi connectivity index (χ1n) is 10.8. The van der Waals surface area contributed by atoms with Crippen LogP contribution in [-0.2, 0) is 21.4 Å². The largest absolute Gasteiger partial charge is 0.366 e. The number of nitrogens with two attached hydrogens (primary N) is 1. The molecule has 1 amide bonds. The van der Waals surface area contributed by atoms with E-state index in [0.29, 0.717) is 25.2 Å². The van der Waals surface area contributed by atoms with Gasteiger partial charge in [0.05, 0.1) is 24.4 Å². The molecular formula is C26H24N4O3.